The van der Waals surface area contributed by atoms with E-state index in [1.807, 2.05) is 23.4 Å². The van der Waals surface area contributed by atoms with E-state index in [1.54, 1.807) is 6.33 Å². The van der Waals surface area contributed by atoms with Crippen molar-refractivity contribution in [3.63, 3.8) is 0 Å². The molecule has 5 heteroatoms. The number of aromatic nitrogens is 2. The van der Waals surface area contributed by atoms with Crippen LogP contribution in [-0.4, -0.2) is 45.8 Å². The van der Waals surface area contributed by atoms with Gasteiger partial charge in [-0.3, -0.25) is 0 Å². The van der Waals surface area contributed by atoms with Gasteiger partial charge in [-0.2, -0.15) is 5.26 Å². The molecule has 0 aliphatic rings. The van der Waals surface area contributed by atoms with Gasteiger partial charge in [0.15, 0.2) is 0 Å². The molecule has 1 aromatic heterocycles. The van der Waals surface area contributed by atoms with Crippen LogP contribution in [0.4, 0.5) is 0 Å². The molecule has 0 unspecified atom stereocenters. The van der Waals surface area contributed by atoms with Crippen molar-refractivity contribution >= 4 is 11.0 Å². The summed E-state index contributed by atoms with van der Waals surface area (Å²) in [5.74, 6) is -0.0306. The lowest BCUT2D eigenvalue weighted by Gasteiger charge is -2.21. The fourth-order valence-corrected chi connectivity index (χ4v) is 2.69. The Kier molecular flexibility index (Phi) is 5.17. The summed E-state index contributed by atoms with van der Waals surface area (Å²) in [4.78, 5) is 6.40. The molecule has 22 heavy (non-hydrogen) atoms. The molecule has 0 aliphatic heterocycles. The molecule has 0 saturated heterocycles. The van der Waals surface area contributed by atoms with Gasteiger partial charge in [-0.1, -0.05) is 0 Å². The number of nitrogens with zero attached hydrogens (tertiary/aromatic N) is 4. The highest BCUT2D eigenvalue weighted by Crippen LogP contribution is 2.18. The number of hydrogen-bond acceptors (Lipinski definition) is 4. The molecule has 2 aromatic rings. The van der Waals surface area contributed by atoms with Crippen LogP contribution in [-0.2, 0) is 6.54 Å². The smallest absolute Gasteiger partial charge is 0.0959 e. The second kappa shape index (κ2) is 6.91. The van der Waals surface area contributed by atoms with Gasteiger partial charge in [0.25, 0.3) is 0 Å². The molecule has 2 rings (SSSR count). The highest BCUT2D eigenvalue weighted by molar-refractivity contribution is 5.77. The summed E-state index contributed by atoms with van der Waals surface area (Å²) in [6.07, 6.45) is 1.29. The minimum Gasteiger partial charge on any atom is -0.390 e. The van der Waals surface area contributed by atoms with Crippen molar-refractivity contribution in [3.8, 4) is 6.07 Å². The highest BCUT2D eigenvalue weighted by Gasteiger charge is 2.13. The van der Waals surface area contributed by atoms with Crippen molar-refractivity contribution in [2.45, 2.75) is 33.4 Å². The van der Waals surface area contributed by atoms with Crippen LogP contribution in [0.2, 0.25) is 0 Å². The zero-order valence-electron chi connectivity index (χ0n) is 13.7. The number of rotatable bonds is 6. The average Bonchev–Trinajstić information content (AvgIpc) is 2.81. The van der Waals surface area contributed by atoms with Crippen LogP contribution in [0.25, 0.3) is 11.0 Å². The van der Waals surface area contributed by atoms with E-state index in [9.17, 15) is 5.11 Å². The topological polar surface area (TPSA) is 65.1 Å². The van der Waals surface area contributed by atoms with Gasteiger partial charge in [-0.05, 0) is 51.1 Å². The van der Waals surface area contributed by atoms with Crippen molar-refractivity contribution in [3.05, 3.63) is 29.6 Å². The lowest BCUT2D eigenvalue weighted by Crippen LogP contribution is -2.34. The first-order valence-electron chi connectivity index (χ1n) is 7.59. The zero-order valence-corrected chi connectivity index (χ0v) is 13.7. The first-order valence-corrected chi connectivity index (χ1v) is 7.59. The lowest BCUT2D eigenvalue weighted by molar-refractivity contribution is 0.108. The largest absolute Gasteiger partial charge is 0.390 e. The maximum atomic E-state index is 10.3. The van der Waals surface area contributed by atoms with Gasteiger partial charge in [0.05, 0.1) is 42.0 Å². The first-order chi connectivity index (χ1) is 10.4. The van der Waals surface area contributed by atoms with Gasteiger partial charge in [-0.25, -0.2) is 4.98 Å². The number of fused-ring (bicyclic) bond motifs is 1. The molecule has 0 aliphatic carbocycles. The van der Waals surface area contributed by atoms with E-state index >= 15 is 0 Å². The minimum absolute atomic E-state index is 0.0306. The Morgan fingerprint density at radius 3 is 2.68 bits per heavy atom. The summed E-state index contributed by atoms with van der Waals surface area (Å²) in [5.41, 5.74) is 4.46. The molecule has 1 aromatic carbocycles. The highest BCUT2D eigenvalue weighted by atomic mass is 16.3. The summed E-state index contributed by atoms with van der Waals surface area (Å²) >= 11 is 0. The van der Waals surface area contributed by atoms with Crippen LogP contribution < -0.4 is 0 Å². The third-order valence-electron chi connectivity index (χ3n) is 3.97. The van der Waals surface area contributed by atoms with Crippen molar-refractivity contribution in [2.75, 3.05) is 20.1 Å². The summed E-state index contributed by atoms with van der Waals surface area (Å²) in [6, 6.07) is 6.41. The van der Waals surface area contributed by atoms with E-state index in [-0.39, 0.29) is 5.92 Å². The molecular formula is C17H24N4O. The van der Waals surface area contributed by atoms with Crippen molar-refractivity contribution in [1.82, 2.24) is 14.5 Å². The maximum Gasteiger partial charge on any atom is 0.0959 e. The molecule has 1 N–H and O–H groups in total. The van der Waals surface area contributed by atoms with E-state index in [2.05, 4.69) is 37.0 Å². The number of aliphatic hydroxyl groups excluding tert-OH is 1. The number of benzene rings is 1. The van der Waals surface area contributed by atoms with Crippen LogP contribution in [0.1, 0.15) is 18.1 Å². The van der Waals surface area contributed by atoms with E-state index < -0.39 is 6.10 Å². The SMILES string of the molecule is Cc1cc2ncn(C[C@@H](O)CN(C)C[C@@H](C)C#N)c2cc1C. The molecule has 118 valence electrons. The van der Waals surface area contributed by atoms with Gasteiger partial charge in [0.1, 0.15) is 0 Å². The van der Waals surface area contributed by atoms with Crippen molar-refractivity contribution in [1.29, 1.82) is 5.26 Å². The quantitative estimate of drug-likeness (QED) is 0.887. The lowest BCUT2D eigenvalue weighted by atomic mass is 10.1. The van der Waals surface area contributed by atoms with Gasteiger partial charge >= 0.3 is 0 Å². The molecule has 0 amide bonds. The summed E-state index contributed by atoms with van der Waals surface area (Å²) in [6.45, 7) is 7.75. The van der Waals surface area contributed by atoms with Gasteiger partial charge in [0.2, 0.25) is 0 Å². The Morgan fingerprint density at radius 2 is 2.00 bits per heavy atom. The van der Waals surface area contributed by atoms with Crippen molar-refractivity contribution < 1.29 is 5.11 Å². The molecule has 1 heterocycles. The fraction of sp³-hybridized carbons (Fsp3) is 0.529. The summed E-state index contributed by atoms with van der Waals surface area (Å²) < 4.78 is 1.99. The number of imidazole rings is 1. The molecule has 5 nitrogen and oxygen atoms in total. The third kappa shape index (κ3) is 3.85. The van der Waals surface area contributed by atoms with Crippen molar-refractivity contribution in [2.24, 2.45) is 5.92 Å². The Morgan fingerprint density at radius 1 is 1.32 bits per heavy atom. The Bertz CT molecular complexity index is 686. The molecule has 0 saturated carbocycles. The summed E-state index contributed by atoms with van der Waals surface area (Å²) in [5, 5.41) is 19.1. The van der Waals surface area contributed by atoms with Crippen LogP contribution >= 0.6 is 0 Å². The van der Waals surface area contributed by atoms with Gasteiger partial charge < -0.3 is 14.6 Å². The van der Waals surface area contributed by atoms with Crippen LogP contribution in [0.15, 0.2) is 18.5 Å². The van der Waals surface area contributed by atoms with E-state index in [0.29, 0.717) is 19.6 Å². The number of likely N-dealkylation sites (N-methyl/N-ethyl adjacent to an activating group) is 1. The zero-order chi connectivity index (χ0) is 16.3. The average molecular weight is 300 g/mol. The van der Waals surface area contributed by atoms with Crippen LogP contribution in [0.5, 0.6) is 0 Å². The second-order valence-corrected chi connectivity index (χ2v) is 6.23. The normalized spacial score (nSPS) is 14.2. The van der Waals surface area contributed by atoms with E-state index in [4.69, 9.17) is 5.26 Å². The third-order valence-corrected chi connectivity index (χ3v) is 3.97. The Hall–Kier alpha value is -1.90. The first kappa shape index (κ1) is 16.5. The predicted molar refractivity (Wildman–Crippen MR) is 87.5 cm³/mol. The van der Waals surface area contributed by atoms with Crippen LogP contribution in [0, 0.1) is 31.1 Å². The van der Waals surface area contributed by atoms with E-state index in [1.165, 1.54) is 11.1 Å². The predicted octanol–water partition coefficient (Wildman–Crippen LogP) is 2.11. The van der Waals surface area contributed by atoms with Crippen LogP contribution in [0.3, 0.4) is 0 Å². The molecule has 0 fully saturated rings. The molecule has 0 bridgehead atoms. The maximum absolute atomic E-state index is 10.3. The monoisotopic (exact) mass is 300 g/mol. The fourth-order valence-electron chi connectivity index (χ4n) is 2.69. The molecule has 0 spiro atoms. The summed E-state index contributed by atoms with van der Waals surface area (Å²) in [7, 11) is 1.93. The minimum atomic E-state index is -0.491. The second-order valence-electron chi connectivity index (χ2n) is 6.23. The Balaban J connectivity index is 2.04. The molecular weight excluding hydrogens is 276 g/mol. The number of aliphatic hydroxyl groups is 1. The van der Waals surface area contributed by atoms with E-state index in [0.717, 1.165) is 11.0 Å². The molecule has 2 atom stereocenters. The van der Waals surface area contributed by atoms with Gasteiger partial charge in [-0.15, -0.1) is 0 Å². The number of hydrogen-bond donors (Lipinski definition) is 1. The van der Waals surface area contributed by atoms with Gasteiger partial charge in [0, 0.05) is 13.1 Å². The number of aryl methyl sites for hydroxylation is 2. The number of nitriles is 1. The Labute approximate surface area is 131 Å². The standard InChI is InChI=1S/C17H24N4O/c1-12(7-18)8-20(4)9-15(22)10-21-11-19-16-5-13(2)14(3)6-17(16)21/h5-6,11-12,15,22H,8-10H2,1-4H3/t12-,15-/m0/s1. The molecule has 0 radical (unpaired) electrons.